The minimum absolute atomic E-state index is 0.179. The van der Waals surface area contributed by atoms with Gasteiger partial charge in [-0.05, 0) is 38.6 Å². The van der Waals surface area contributed by atoms with Gasteiger partial charge in [0.05, 0.1) is 12.6 Å². The van der Waals surface area contributed by atoms with Crippen molar-refractivity contribution in [1.82, 2.24) is 4.90 Å². The molecule has 0 heterocycles. The molecule has 0 aliphatic rings. The van der Waals surface area contributed by atoms with E-state index in [9.17, 15) is 4.79 Å². The van der Waals surface area contributed by atoms with Crippen LogP contribution in [-0.4, -0.2) is 30.5 Å². The lowest BCUT2D eigenvalue weighted by Crippen LogP contribution is -2.30. The Balaban J connectivity index is 2.53. The number of primary amides is 1. The van der Waals surface area contributed by atoms with Gasteiger partial charge in [0.25, 0.3) is 0 Å². The van der Waals surface area contributed by atoms with Gasteiger partial charge in [-0.25, -0.2) is 0 Å². The molecular formula is C13H20N2O2. The van der Waals surface area contributed by atoms with Crippen molar-refractivity contribution in [1.29, 1.82) is 0 Å². The number of hydrogen-bond acceptors (Lipinski definition) is 3. The van der Waals surface area contributed by atoms with Crippen LogP contribution < -0.4 is 10.5 Å². The molecule has 1 amide bonds. The fraction of sp³-hybridized carbons (Fsp3) is 0.462. The van der Waals surface area contributed by atoms with Crippen molar-refractivity contribution < 1.29 is 9.53 Å². The molecule has 0 fully saturated rings. The van der Waals surface area contributed by atoms with Crippen molar-refractivity contribution in [2.75, 3.05) is 13.6 Å². The zero-order valence-electron chi connectivity index (χ0n) is 10.6. The Morgan fingerprint density at radius 2 is 1.94 bits per heavy atom. The molecule has 2 N–H and O–H groups in total. The maximum atomic E-state index is 10.7. The molecule has 17 heavy (non-hydrogen) atoms. The van der Waals surface area contributed by atoms with Crippen LogP contribution in [0.3, 0.4) is 0 Å². The number of nitrogens with zero attached hydrogens (tertiary/aromatic N) is 1. The third kappa shape index (κ3) is 5.36. The summed E-state index contributed by atoms with van der Waals surface area (Å²) in [5, 5.41) is 0. The zero-order valence-corrected chi connectivity index (χ0v) is 10.6. The summed E-state index contributed by atoms with van der Waals surface area (Å²) in [6, 6.07) is 7.87. The highest BCUT2D eigenvalue weighted by Gasteiger charge is 2.04. The van der Waals surface area contributed by atoms with Gasteiger partial charge < -0.3 is 10.5 Å². The standard InChI is InChI=1S/C13H20N2O2/c1-10(2)17-12-6-4-11(5-7-12)8-15(3)9-13(14)16/h4-7,10H,8-9H2,1-3H3,(H2,14,16). The highest BCUT2D eigenvalue weighted by molar-refractivity contribution is 5.75. The van der Waals surface area contributed by atoms with Gasteiger partial charge in [-0.15, -0.1) is 0 Å². The minimum Gasteiger partial charge on any atom is -0.491 e. The molecule has 1 aromatic rings. The van der Waals surface area contributed by atoms with Gasteiger partial charge in [0.1, 0.15) is 5.75 Å². The highest BCUT2D eigenvalue weighted by Crippen LogP contribution is 2.14. The number of amides is 1. The van der Waals surface area contributed by atoms with E-state index >= 15 is 0 Å². The van der Waals surface area contributed by atoms with E-state index in [-0.39, 0.29) is 18.6 Å². The van der Waals surface area contributed by atoms with Crippen LogP contribution in [0.15, 0.2) is 24.3 Å². The predicted octanol–water partition coefficient (Wildman–Crippen LogP) is 1.39. The Kier molecular flexibility index (Phi) is 4.97. The molecule has 4 heteroatoms. The van der Waals surface area contributed by atoms with Gasteiger partial charge in [-0.3, -0.25) is 9.69 Å². The molecule has 0 aliphatic carbocycles. The van der Waals surface area contributed by atoms with Gasteiger partial charge in [-0.2, -0.15) is 0 Å². The maximum absolute atomic E-state index is 10.7. The third-order valence-electron chi connectivity index (χ3n) is 2.17. The summed E-state index contributed by atoms with van der Waals surface area (Å²) in [6.45, 7) is 4.96. The first kappa shape index (κ1) is 13.5. The molecule has 0 bridgehead atoms. The molecular weight excluding hydrogens is 216 g/mol. The fourth-order valence-electron chi connectivity index (χ4n) is 1.58. The second-order valence-corrected chi connectivity index (χ2v) is 4.45. The van der Waals surface area contributed by atoms with Crippen LogP contribution in [0.2, 0.25) is 0 Å². The van der Waals surface area contributed by atoms with Crippen LogP contribution in [0.5, 0.6) is 5.75 Å². The summed E-state index contributed by atoms with van der Waals surface area (Å²) >= 11 is 0. The first-order chi connectivity index (χ1) is 7.97. The van der Waals surface area contributed by atoms with E-state index in [4.69, 9.17) is 10.5 Å². The Hall–Kier alpha value is -1.55. The number of benzene rings is 1. The predicted molar refractivity (Wildman–Crippen MR) is 67.7 cm³/mol. The second kappa shape index (κ2) is 6.25. The molecule has 94 valence electrons. The average Bonchev–Trinajstić information content (AvgIpc) is 2.18. The van der Waals surface area contributed by atoms with Crippen molar-refractivity contribution >= 4 is 5.91 Å². The van der Waals surface area contributed by atoms with Crippen LogP contribution in [0, 0.1) is 0 Å². The topological polar surface area (TPSA) is 55.6 Å². The van der Waals surface area contributed by atoms with Crippen molar-refractivity contribution in [2.45, 2.75) is 26.5 Å². The molecule has 0 aromatic heterocycles. The fourth-order valence-corrected chi connectivity index (χ4v) is 1.58. The van der Waals surface area contributed by atoms with Gasteiger partial charge in [0.15, 0.2) is 0 Å². The molecule has 0 spiro atoms. The first-order valence-electron chi connectivity index (χ1n) is 5.70. The normalized spacial score (nSPS) is 10.9. The summed E-state index contributed by atoms with van der Waals surface area (Å²) in [5.41, 5.74) is 6.25. The number of carbonyl (C=O) groups is 1. The van der Waals surface area contributed by atoms with E-state index in [0.717, 1.165) is 11.3 Å². The number of ether oxygens (including phenoxy) is 1. The van der Waals surface area contributed by atoms with Crippen LogP contribution >= 0.6 is 0 Å². The maximum Gasteiger partial charge on any atom is 0.231 e. The number of likely N-dealkylation sites (N-methyl/N-ethyl adjacent to an activating group) is 1. The SMILES string of the molecule is CC(C)Oc1ccc(CN(C)CC(N)=O)cc1. The van der Waals surface area contributed by atoms with E-state index in [0.29, 0.717) is 6.54 Å². The van der Waals surface area contributed by atoms with E-state index in [1.807, 2.05) is 50.1 Å². The number of nitrogens with two attached hydrogens (primary N) is 1. The van der Waals surface area contributed by atoms with Crippen molar-refractivity contribution in [2.24, 2.45) is 5.73 Å². The average molecular weight is 236 g/mol. The lowest BCUT2D eigenvalue weighted by atomic mass is 10.2. The van der Waals surface area contributed by atoms with Crippen molar-refractivity contribution in [3.63, 3.8) is 0 Å². The Bertz CT molecular complexity index is 360. The van der Waals surface area contributed by atoms with Crippen molar-refractivity contribution in [3.05, 3.63) is 29.8 Å². The molecule has 1 rings (SSSR count). The molecule has 0 radical (unpaired) electrons. The van der Waals surface area contributed by atoms with Gasteiger partial charge in [0, 0.05) is 6.54 Å². The number of rotatable bonds is 6. The quantitative estimate of drug-likeness (QED) is 0.812. The summed E-state index contributed by atoms with van der Waals surface area (Å²) in [5.74, 6) is 0.550. The lowest BCUT2D eigenvalue weighted by molar-refractivity contribution is -0.118. The lowest BCUT2D eigenvalue weighted by Gasteiger charge is -2.15. The first-order valence-corrected chi connectivity index (χ1v) is 5.70. The largest absolute Gasteiger partial charge is 0.491 e. The van der Waals surface area contributed by atoms with Crippen molar-refractivity contribution in [3.8, 4) is 5.75 Å². The molecule has 0 saturated carbocycles. The van der Waals surface area contributed by atoms with E-state index < -0.39 is 0 Å². The van der Waals surface area contributed by atoms with Gasteiger partial charge in [-0.1, -0.05) is 12.1 Å². The van der Waals surface area contributed by atoms with Crippen LogP contribution in [0.1, 0.15) is 19.4 Å². The highest BCUT2D eigenvalue weighted by atomic mass is 16.5. The summed E-state index contributed by atoms with van der Waals surface area (Å²) in [4.78, 5) is 12.6. The van der Waals surface area contributed by atoms with Gasteiger partial charge >= 0.3 is 0 Å². The monoisotopic (exact) mass is 236 g/mol. The molecule has 0 saturated heterocycles. The van der Waals surface area contributed by atoms with Crippen LogP contribution in [0.4, 0.5) is 0 Å². The summed E-state index contributed by atoms with van der Waals surface area (Å²) < 4.78 is 5.55. The Morgan fingerprint density at radius 3 is 2.41 bits per heavy atom. The van der Waals surface area contributed by atoms with E-state index in [1.54, 1.807) is 0 Å². The Labute approximate surface area is 102 Å². The number of hydrogen-bond donors (Lipinski definition) is 1. The smallest absolute Gasteiger partial charge is 0.231 e. The van der Waals surface area contributed by atoms with E-state index in [2.05, 4.69) is 0 Å². The van der Waals surface area contributed by atoms with Crippen LogP contribution in [0.25, 0.3) is 0 Å². The van der Waals surface area contributed by atoms with Gasteiger partial charge in [0.2, 0.25) is 5.91 Å². The minimum atomic E-state index is -0.313. The molecule has 0 aliphatic heterocycles. The Morgan fingerprint density at radius 1 is 1.35 bits per heavy atom. The second-order valence-electron chi connectivity index (χ2n) is 4.45. The molecule has 4 nitrogen and oxygen atoms in total. The summed E-state index contributed by atoms with van der Waals surface area (Å²) in [6.07, 6.45) is 0.179. The van der Waals surface area contributed by atoms with E-state index in [1.165, 1.54) is 0 Å². The van der Waals surface area contributed by atoms with Crippen LogP contribution in [-0.2, 0) is 11.3 Å². The zero-order chi connectivity index (χ0) is 12.8. The molecule has 0 unspecified atom stereocenters. The number of carbonyl (C=O) groups excluding carboxylic acids is 1. The molecule has 1 aromatic carbocycles. The molecule has 0 atom stereocenters. The summed E-state index contributed by atoms with van der Waals surface area (Å²) in [7, 11) is 1.86. The third-order valence-corrected chi connectivity index (χ3v) is 2.17.